The molecule has 0 spiro atoms. The predicted molar refractivity (Wildman–Crippen MR) is 114 cm³/mol. The number of hydrogen-bond donors (Lipinski definition) is 0. The van der Waals surface area contributed by atoms with Gasteiger partial charge in [0.15, 0.2) is 4.32 Å². The molecule has 5 heteroatoms. The van der Waals surface area contributed by atoms with Gasteiger partial charge in [-0.25, -0.2) is 0 Å². The Kier molecular flexibility index (Phi) is 4.42. The average Bonchev–Trinajstić information content (AvgIpc) is 3.12. The van der Waals surface area contributed by atoms with Gasteiger partial charge >= 0.3 is 0 Å². The van der Waals surface area contributed by atoms with Gasteiger partial charge in [0.25, 0.3) is 5.91 Å². The second kappa shape index (κ2) is 6.74. The number of thioether (sulfide) groups is 1. The van der Waals surface area contributed by atoms with Crippen molar-refractivity contribution in [1.82, 2.24) is 4.57 Å². The number of aromatic nitrogens is 1. The van der Waals surface area contributed by atoms with Crippen LogP contribution in [0.5, 0.6) is 0 Å². The monoisotopic (exact) mass is 378 g/mol. The first kappa shape index (κ1) is 17.1. The molecule has 0 atom stereocenters. The molecule has 2 heterocycles. The van der Waals surface area contributed by atoms with Crippen molar-refractivity contribution in [3.8, 4) is 0 Å². The number of carbonyl (C=O) groups is 1. The first-order chi connectivity index (χ1) is 12.6. The largest absolute Gasteiger partial charge is 0.350 e. The van der Waals surface area contributed by atoms with Gasteiger partial charge in [0.1, 0.15) is 0 Å². The molecule has 3 nitrogen and oxygen atoms in total. The third-order valence-corrected chi connectivity index (χ3v) is 5.91. The molecule has 1 fully saturated rings. The Hall–Kier alpha value is -2.37. The summed E-state index contributed by atoms with van der Waals surface area (Å²) in [7, 11) is 2.01. The number of fused-ring (bicyclic) bond motifs is 1. The van der Waals surface area contributed by atoms with E-state index in [0.717, 1.165) is 28.6 Å². The van der Waals surface area contributed by atoms with Crippen molar-refractivity contribution < 1.29 is 4.79 Å². The van der Waals surface area contributed by atoms with Crippen LogP contribution >= 0.6 is 24.0 Å². The van der Waals surface area contributed by atoms with Crippen molar-refractivity contribution in [3.63, 3.8) is 0 Å². The Bertz CT molecular complexity index is 1050. The summed E-state index contributed by atoms with van der Waals surface area (Å²) in [6.07, 6.45) is 4.97. The fourth-order valence-corrected chi connectivity index (χ4v) is 4.49. The van der Waals surface area contributed by atoms with E-state index < -0.39 is 0 Å². The molecule has 1 aromatic heterocycles. The van der Waals surface area contributed by atoms with Crippen molar-refractivity contribution in [2.24, 2.45) is 7.05 Å². The van der Waals surface area contributed by atoms with Crippen molar-refractivity contribution in [1.29, 1.82) is 0 Å². The predicted octanol–water partition coefficient (Wildman–Crippen LogP) is 5.15. The van der Waals surface area contributed by atoms with Gasteiger partial charge < -0.3 is 4.57 Å². The molecule has 0 radical (unpaired) electrons. The van der Waals surface area contributed by atoms with Crippen molar-refractivity contribution in [3.05, 3.63) is 70.8 Å². The highest BCUT2D eigenvalue weighted by molar-refractivity contribution is 8.27. The van der Waals surface area contributed by atoms with Gasteiger partial charge in [-0.15, -0.1) is 0 Å². The van der Waals surface area contributed by atoms with Crippen LogP contribution in [-0.2, 0) is 18.3 Å². The summed E-state index contributed by atoms with van der Waals surface area (Å²) in [5.74, 6) is -0.0582. The molecule has 0 aliphatic carbocycles. The molecule has 130 valence electrons. The van der Waals surface area contributed by atoms with E-state index in [1.807, 2.05) is 55.7 Å². The van der Waals surface area contributed by atoms with Crippen LogP contribution in [0, 0.1) is 0 Å². The Labute approximate surface area is 162 Å². The maximum absolute atomic E-state index is 13.0. The Morgan fingerprint density at radius 1 is 1.12 bits per heavy atom. The number of benzene rings is 2. The van der Waals surface area contributed by atoms with Crippen LogP contribution in [0.1, 0.15) is 18.1 Å². The van der Waals surface area contributed by atoms with Gasteiger partial charge in [0.2, 0.25) is 0 Å². The molecule has 0 N–H and O–H groups in total. The van der Waals surface area contributed by atoms with Crippen LogP contribution in [0.2, 0.25) is 0 Å². The summed E-state index contributed by atoms with van der Waals surface area (Å²) in [6.45, 7) is 2.11. The van der Waals surface area contributed by atoms with E-state index in [4.69, 9.17) is 12.2 Å². The molecule has 1 amide bonds. The van der Waals surface area contributed by atoms with Crippen LogP contribution in [0.3, 0.4) is 0 Å². The van der Waals surface area contributed by atoms with Crippen molar-refractivity contribution >= 4 is 56.9 Å². The number of anilines is 1. The molecular formula is C21H18N2OS2. The quantitative estimate of drug-likeness (QED) is 0.466. The summed E-state index contributed by atoms with van der Waals surface area (Å²) in [5.41, 5.74) is 4.24. The lowest BCUT2D eigenvalue weighted by atomic mass is 10.1. The first-order valence-corrected chi connectivity index (χ1v) is 9.72. The maximum Gasteiger partial charge on any atom is 0.270 e. The SMILES string of the molecule is CCc1ccc(N2C(=O)/C(=C/c3cn(C)c4ccccc34)SC2=S)cc1. The van der Waals surface area contributed by atoms with E-state index in [9.17, 15) is 4.79 Å². The Morgan fingerprint density at radius 2 is 1.85 bits per heavy atom. The average molecular weight is 379 g/mol. The maximum atomic E-state index is 13.0. The minimum atomic E-state index is -0.0582. The first-order valence-electron chi connectivity index (χ1n) is 8.49. The summed E-state index contributed by atoms with van der Waals surface area (Å²) >= 11 is 6.84. The zero-order valence-corrected chi connectivity index (χ0v) is 16.2. The standard InChI is InChI=1S/C21H18N2OS2/c1-3-14-8-10-16(11-9-14)23-20(24)19(26-21(23)25)12-15-13-22(2)18-7-5-4-6-17(15)18/h4-13H,3H2,1-2H3/b19-12-. The van der Waals surface area contributed by atoms with Gasteiger partial charge in [0, 0.05) is 29.7 Å². The Balaban J connectivity index is 1.71. The Morgan fingerprint density at radius 3 is 2.58 bits per heavy atom. The number of carbonyl (C=O) groups excluding carboxylic acids is 1. The van der Waals surface area contributed by atoms with Crippen LogP contribution in [0.4, 0.5) is 5.69 Å². The van der Waals surface area contributed by atoms with Gasteiger partial charge in [-0.2, -0.15) is 0 Å². The molecule has 4 rings (SSSR count). The third kappa shape index (κ3) is 2.87. The number of amides is 1. The summed E-state index contributed by atoms with van der Waals surface area (Å²) in [6, 6.07) is 16.2. The van der Waals surface area contributed by atoms with Gasteiger partial charge in [-0.05, 0) is 36.3 Å². The van der Waals surface area contributed by atoms with Crippen LogP contribution in [0.25, 0.3) is 17.0 Å². The molecule has 2 aromatic carbocycles. The highest BCUT2D eigenvalue weighted by Gasteiger charge is 2.33. The number of aryl methyl sites for hydroxylation is 2. The molecule has 0 bridgehead atoms. The smallest absolute Gasteiger partial charge is 0.270 e. The molecule has 1 aliphatic rings. The minimum absolute atomic E-state index is 0.0582. The van der Waals surface area contributed by atoms with E-state index >= 15 is 0 Å². The topological polar surface area (TPSA) is 25.2 Å². The number of hydrogen-bond acceptors (Lipinski definition) is 3. The zero-order chi connectivity index (χ0) is 18.3. The van der Waals surface area contributed by atoms with Crippen molar-refractivity contribution in [2.45, 2.75) is 13.3 Å². The number of nitrogens with zero attached hydrogens (tertiary/aromatic N) is 2. The van der Waals surface area contributed by atoms with Crippen LogP contribution in [0.15, 0.2) is 59.6 Å². The van der Waals surface area contributed by atoms with E-state index in [-0.39, 0.29) is 5.91 Å². The lowest BCUT2D eigenvalue weighted by molar-refractivity contribution is -0.113. The second-order valence-electron chi connectivity index (χ2n) is 6.25. The number of rotatable bonds is 3. The van der Waals surface area contributed by atoms with Crippen molar-refractivity contribution in [2.75, 3.05) is 4.90 Å². The van der Waals surface area contributed by atoms with Gasteiger partial charge in [-0.3, -0.25) is 9.69 Å². The highest BCUT2D eigenvalue weighted by Crippen LogP contribution is 2.37. The molecular weight excluding hydrogens is 360 g/mol. The van der Waals surface area contributed by atoms with Gasteiger partial charge in [-0.1, -0.05) is 61.2 Å². The normalized spacial score (nSPS) is 16.2. The minimum Gasteiger partial charge on any atom is -0.350 e. The van der Waals surface area contributed by atoms with E-state index in [1.54, 1.807) is 4.90 Å². The van der Waals surface area contributed by atoms with E-state index in [0.29, 0.717) is 9.23 Å². The van der Waals surface area contributed by atoms with Crippen LogP contribution in [-0.4, -0.2) is 14.8 Å². The van der Waals surface area contributed by atoms with E-state index in [1.165, 1.54) is 17.3 Å². The fourth-order valence-electron chi connectivity index (χ4n) is 3.20. The van der Waals surface area contributed by atoms with E-state index in [2.05, 4.69) is 23.6 Å². The molecule has 3 aromatic rings. The zero-order valence-electron chi connectivity index (χ0n) is 14.6. The summed E-state index contributed by atoms with van der Waals surface area (Å²) < 4.78 is 2.65. The lowest BCUT2D eigenvalue weighted by Gasteiger charge is -2.14. The number of thiocarbonyl (C=S) groups is 1. The van der Waals surface area contributed by atoms with Crippen LogP contribution < -0.4 is 4.90 Å². The lowest BCUT2D eigenvalue weighted by Crippen LogP contribution is -2.27. The number of para-hydroxylation sites is 1. The third-order valence-electron chi connectivity index (χ3n) is 4.61. The fraction of sp³-hybridized carbons (Fsp3) is 0.143. The molecule has 0 unspecified atom stereocenters. The molecule has 1 aliphatic heterocycles. The summed E-state index contributed by atoms with van der Waals surface area (Å²) in [4.78, 5) is 15.2. The molecule has 26 heavy (non-hydrogen) atoms. The second-order valence-corrected chi connectivity index (χ2v) is 7.93. The molecule has 1 saturated heterocycles. The highest BCUT2D eigenvalue weighted by atomic mass is 32.2. The summed E-state index contributed by atoms with van der Waals surface area (Å²) in [5, 5.41) is 1.13. The van der Waals surface area contributed by atoms with Gasteiger partial charge in [0.05, 0.1) is 10.6 Å². The molecule has 0 saturated carbocycles.